The number of H-pyrrole nitrogens is 1. The van der Waals surface area contributed by atoms with Gasteiger partial charge in [0, 0.05) is 100 Å². The number of nitrogens with one attached hydrogen (secondary N) is 1. The highest BCUT2D eigenvalue weighted by Gasteiger charge is 2.20. The third-order valence-electron chi connectivity index (χ3n) is 8.52. The first kappa shape index (κ1) is 26.0. The first-order chi connectivity index (χ1) is 18.9. The summed E-state index contributed by atoms with van der Waals surface area (Å²) in [4.78, 5) is 26.6. The molecule has 7 nitrogen and oxygen atoms in total. The van der Waals surface area contributed by atoms with E-state index in [1.165, 1.54) is 5.56 Å². The number of phenols is 1. The Balaban J connectivity index is 1.33. The van der Waals surface area contributed by atoms with Crippen LogP contribution >= 0.6 is 0 Å². The highest BCUT2D eigenvalue weighted by molar-refractivity contribution is 5.96. The number of aromatic amines is 1. The van der Waals surface area contributed by atoms with Gasteiger partial charge in [0.1, 0.15) is 5.75 Å². The van der Waals surface area contributed by atoms with Gasteiger partial charge >= 0.3 is 0 Å². The second kappa shape index (κ2) is 11.1. The normalized spacial score (nSPS) is 18.3. The third kappa shape index (κ3) is 5.72. The Morgan fingerprint density at radius 3 is 2.00 bits per heavy atom. The molecule has 3 heterocycles. The fourth-order valence-electron chi connectivity index (χ4n) is 5.98. The molecule has 0 atom stereocenters. The van der Waals surface area contributed by atoms with Gasteiger partial charge in [0.2, 0.25) is 0 Å². The van der Waals surface area contributed by atoms with E-state index >= 15 is 0 Å². The van der Waals surface area contributed by atoms with Gasteiger partial charge in [0.05, 0.1) is 0 Å². The van der Waals surface area contributed by atoms with Crippen LogP contribution in [-0.2, 0) is 19.5 Å². The highest BCUT2D eigenvalue weighted by Crippen LogP contribution is 2.29. The Morgan fingerprint density at radius 1 is 0.744 bits per heavy atom. The lowest BCUT2D eigenvalue weighted by atomic mass is 9.96. The molecule has 2 fully saturated rings. The van der Waals surface area contributed by atoms with Gasteiger partial charge in [-0.1, -0.05) is 30.3 Å². The number of piperazine rings is 2. The number of likely N-dealkylation sites (N-methyl/N-ethyl adjacent to an activating group) is 2. The number of rotatable bonds is 6. The molecule has 0 bridgehead atoms. The molecule has 0 unspecified atom stereocenters. The number of benzene rings is 3. The minimum absolute atomic E-state index is 0.0268. The van der Waals surface area contributed by atoms with E-state index in [0.29, 0.717) is 23.1 Å². The maximum Gasteiger partial charge on any atom is 0.192 e. The van der Waals surface area contributed by atoms with Crippen LogP contribution < -0.4 is 5.43 Å². The van der Waals surface area contributed by atoms with Gasteiger partial charge in [0.25, 0.3) is 0 Å². The minimum Gasteiger partial charge on any atom is -0.507 e. The molecule has 1 aromatic heterocycles. The van der Waals surface area contributed by atoms with Gasteiger partial charge in [0.15, 0.2) is 5.43 Å². The molecular weight excluding hydrogens is 486 g/mol. The number of aromatic hydroxyl groups is 1. The predicted octanol–water partition coefficient (Wildman–Crippen LogP) is 3.47. The quantitative estimate of drug-likeness (QED) is 0.376. The zero-order valence-electron chi connectivity index (χ0n) is 23.1. The van der Waals surface area contributed by atoms with E-state index in [1.807, 2.05) is 36.5 Å². The van der Waals surface area contributed by atoms with E-state index in [-0.39, 0.29) is 5.43 Å². The number of fused-ring (bicyclic) bond motifs is 2. The molecule has 3 aromatic carbocycles. The lowest BCUT2D eigenvalue weighted by molar-refractivity contribution is 0.145. The lowest BCUT2D eigenvalue weighted by Crippen LogP contribution is -2.44. The van der Waals surface area contributed by atoms with Crippen molar-refractivity contribution in [3.63, 3.8) is 0 Å². The molecular formula is C32H39N5O2. The Hall–Kier alpha value is -3.23. The molecule has 204 valence electrons. The van der Waals surface area contributed by atoms with Crippen LogP contribution in [-0.4, -0.2) is 96.1 Å². The zero-order valence-corrected chi connectivity index (χ0v) is 23.1. The molecule has 6 rings (SSSR count). The summed E-state index contributed by atoms with van der Waals surface area (Å²) in [6.45, 7) is 9.86. The first-order valence-corrected chi connectivity index (χ1v) is 14.1. The molecule has 4 aromatic rings. The van der Waals surface area contributed by atoms with Gasteiger partial charge in [-0.05, 0) is 54.2 Å². The van der Waals surface area contributed by atoms with Crippen molar-refractivity contribution in [3.05, 3.63) is 87.2 Å². The lowest BCUT2D eigenvalue weighted by Gasteiger charge is -2.33. The smallest absolute Gasteiger partial charge is 0.192 e. The van der Waals surface area contributed by atoms with E-state index in [0.717, 1.165) is 92.9 Å². The average Bonchev–Trinajstić information content (AvgIpc) is 2.94. The third-order valence-corrected chi connectivity index (χ3v) is 8.52. The van der Waals surface area contributed by atoms with Gasteiger partial charge < -0.3 is 19.9 Å². The Kier molecular flexibility index (Phi) is 7.40. The van der Waals surface area contributed by atoms with Crippen LogP contribution in [0.5, 0.6) is 5.75 Å². The molecule has 2 aliphatic rings. The van der Waals surface area contributed by atoms with E-state index in [1.54, 1.807) is 0 Å². The van der Waals surface area contributed by atoms with Gasteiger partial charge in [-0.15, -0.1) is 0 Å². The maximum atomic E-state index is 13.6. The molecule has 2 N–H and O–H groups in total. The van der Waals surface area contributed by atoms with E-state index in [2.05, 4.69) is 56.9 Å². The molecule has 39 heavy (non-hydrogen) atoms. The van der Waals surface area contributed by atoms with Gasteiger partial charge in [-0.2, -0.15) is 0 Å². The van der Waals surface area contributed by atoms with Crippen molar-refractivity contribution in [2.75, 3.05) is 66.5 Å². The summed E-state index contributed by atoms with van der Waals surface area (Å²) in [5, 5.41) is 14.3. The van der Waals surface area contributed by atoms with Crippen molar-refractivity contribution in [1.29, 1.82) is 0 Å². The van der Waals surface area contributed by atoms with Crippen molar-refractivity contribution in [1.82, 2.24) is 24.6 Å². The zero-order chi connectivity index (χ0) is 26.9. The summed E-state index contributed by atoms with van der Waals surface area (Å²) in [5.74, 6) is 0.328. The van der Waals surface area contributed by atoms with Gasteiger partial charge in [-0.25, -0.2) is 0 Å². The second-order valence-corrected chi connectivity index (χ2v) is 11.5. The molecule has 2 saturated heterocycles. The summed E-state index contributed by atoms with van der Waals surface area (Å²) >= 11 is 0. The number of pyridine rings is 1. The minimum atomic E-state index is 0.0268. The monoisotopic (exact) mass is 525 g/mol. The van der Waals surface area contributed by atoms with Crippen molar-refractivity contribution in [2.45, 2.75) is 19.5 Å². The standard InChI is InChI=1S/C32H39N5O2/c1-34-7-11-36(12-8-34)21-23-15-26(31(38)28(16-23)22-37-13-9-35(2)10-14-37)17-27-20-33-30-19-25-6-4-3-5-24(25)18-29(30)32(27)39/h3-6,15-16,18-20,38H,7-14,17,21-22H2,1-2H3,(H,33,39). The van der Waals surface area contributed by atoms with Crippen LogP contribution in [0.3, 0.4) is 0 Å². The molecule has 0 saturated carbocycles. The predicted molar refractivity (Wildman–Crippen MR) is 159 cm³/mol. The average molecular weight is 526 g/mol. The van der Waals surface area contributed by atoms with Gasteiger partial charge in [-0.3, -0.25) is 14.6 Å². The van der Waals surface area contributed by atoms with Crippen molar-refractivity contribution in [3.8, 4) is 5.75 Å². The van der Waals surface area contributed by atoms with Crippen molar-refractivity contribution < 1.29 is 5.11 Å². The number of aromatic nitrogens is 1. The van der Waals surface area contributed by atoms with E-state index in [9.17, 15) is 9.90 Å². The van der Waals surface area contributed by atoms with E-state index < -0.39 is 0 Å². The van der Waals surface area contributed by atoms with Crippen molar-refractivity contribution >= 4 is 21.7 Å². The van der Waals surface area contributed by atoms with Crippen LogP contribution in [0.1, 0.15) is 22.3 Å². The van der Waals surface area contributed by atoms with Crippen LogP contribution in [0.25, 0.3) is 21.7 Å². The molecule has 7 heteroatoms. The second-order valence-electron chi connectivity index (χ2n) is 11.5. The summed E-state index contributed by atoms with van der Waals surface area (Å²) in [7, 11) is 4.33. The molecule has 0 aliphatic carbocycles. The summed E-state index contributed by atoms with van der Waals surface area (Å²) < 4.78 is 0. The van der Waals surface area contributed by atoms with Crippen LogP contribution in [0.2, 0.25) is 0 Å². The number of phenolic OH excluding ortho intramolecular Hbond substituents is 1. The van der Waals surface area contributed by atoms with Crippen LogP contribution in [0.4, 0.5) is 0 Å². The molecule has 0 spiro atoms. The largest absolute Gasteiger partial charge is 0.507 e. The Bertz CT molecular complexity index is 1530. The summed E-state index contributed by atoms with van der Waals surface area (Å²) in [6.07, 6.45) is 2.22. The molecule has 0 radical (unpaired) electrons. The summed E-state index contributed by atoms with van der Waals surface area (Å²) in [5.41, 5.74) is 4.54. The fourth-order valence-corrected chi connectivity index (χ4v) is 5.98. The van der Waals surface area contributed by atoms with Crippen LogP contribution in [0.15, 0.2) is 59.5 Å². The van der Waals surface area contributed by atoms with Crippen molar-refractivity contribution in [2.24, 2.45) is 0 Å². The first-order valence-electron chi connectivity index (χ1n) is 14.1. The molecule has 0 amide bonds. The Morgan fingerprint density at radius 2 is 1.33 bits per heavy atom. The maximum absolute atomic E-state index is 13.6. The topological polar surface area (TPSA) is 66.1 Å². The molecule has 2 aliphatic heterocycles. The fraction of sp³-hybridized carbons (Fsp3) is 0.406. The van der Waals surface area contributed by atoms with E-state index in [4.69, 9.17) is 0 Å². The number of nitrogens with zero attached hydrogens (tertiary/aromatic N) is 4. The SMILES string of the molecule is CN1CCN(Cc2cc(Cc3c[nH]c4cc5ccccc5cc4c3=O)c(O)c(CN3CCN(C)CC3)c2)CC1. The summed E-state index contributed by atoms with van der Waals surface area (Å²) in [6, 6.07) is 16.4. The number of hydrogen-bond acceptors (Lipinski definition) is 6. The van der Waals surface area contributed by atoms with Crippen LogP contribution in [0, 0.1) is 0 Å². The highest BCUT2D eigenvalue weighted by atomic mass is 16.3. The number of hydrogen-bond donors (Lipinski definition) is 2. The Labute approximate surface area is 230 Å².